The van der Waals surface area contributed by atoms with E-state index < -0.39 is 0 Å². The number of nitrogens with zero attached hydrogens (tertiary/aromatic N) is 3. The molecular weight excluding hydrogens is 278 g/mol. The van der Waals surface area contributed by atoms with Gasteiger partial charge in [0.25, 0.3) is 0 Å². The van der Waals surface area contributed by atoms with Gasteiger partial charge in [0, 0.05) is 11.6 Å². The van der Waals surface area contributed by atoms with E-state index in [0.29, 0.717) is 19.0 Å². The lowest BCUT2D eigenvalue weighted by atomic mass is 9.95. The number of para-hydroxylation sites is 1. The maximum absolute atomic E-state index is 12.5. The van der Waals surface area contributed by atoms with Gasteiger partial charge in [-0.05, 0) is 36.9 Å². The van der Waals surface area contributed by atoms with Gasteiger partial charge in [-0.1, -0.05) is 24.6 Å². The van der Waals surface area contributed by atoms with Gasteiger partial charge in [-0.2, -0.15) is 5.10 Å². The van der Waals surface area contributed by atoms with Crippen LogP contribution < -0.4 is 11.1 Å². The molecule has 3 N–H and O–H groups in total. The Hall–Kier alpha value is -2.21. The summed E-state index contributed by atoms with van der Waals surface area (Å²) in [5, 5.41) is 7.18. The topological polar surface area (TPSA) is 85.8 Å². The number of benzene rings is 1. The zero-order valence-corrected chi connectivity index (χ0v) is 12.5. The van der Waals surface area contributed by atoms with Gasteiger partial charge in [-0.25, -0.2) is 9.67 Å². The molecule has 1 aromatic carbocycles. The summed E-state index contributed by atoms with van der Waals surface area (Å²) >= 11 is 0. The fourth-order valence-electron chi connectivity index (χ4n) is 3.16. The Morgan fingerprint density at radius 1 is 1.36 bits per heavy atom. The number of carbonyl (C=O) groups is 1. The smallest absolute Gasteiger partial charge is 0.227 e. The van der Waals surface area contributed by atoms with Crippen molar-refractivity contribution in [1.29, 1.82) is 0 Å². The first-order valence-electron chi connectivity index (χ1n) is 7.69. The molecule has 1 aromatic heterocycles. The molecule has 0 aliphatic heterocycles. The summed E-state index contributed by atoms with van der Waals surface area (Å²) in [5.41, 5.74) is 7.63. The first kappa shape index (κ1) is 14.7. The number of amides is 1. The second-order valence-corrected chi connectivity index (χ2v) is 5.77. The first-order chi connectivity index (χ1) is 10.8. The molecule has 0 bridgehead atoms. The van der Waals surface area contributed by atoms with Crippen LogP contribution in [-0.2, 0) is 11.3 Å². The molecule has 6 heteroatoms. The Balaban J connectivity index is 1.73. The summed E-state index contributed by atoms with van der Waals surface area (Å²) in [6.07, 6.45) is 6.24. The molecule has 1 fully saturated rings. The van der Waals surface area contributed by atoms with Crippen molar-refractivity contribution in [3.8, 4) is 0 Å². The number of hydrogen-bond acceptors (Lipinski definition) is 4. The van der Waals surface area contributed by atoms with E-state index in [0.717, 1.165) is 30.5 Å². The molecule has 1 amide bonds. The second-order valence-electron chi connectivity index (χ2n) is 5.77. The normalized spacial score (nSPS) is 21.0. The zero-order valence-electron chi connectivity index (χ0n) is 12.5. The lowest BCUT2D eigenvalue weighted by molar-refractivity contribution is -0.120. The monoisotopic (exact) mass is 299 g/mol. The number of anilines is 1. The molecule has 22 heavy (non-hydrogen) atoms. The minimum Gasteiger partial charge on any atom is -0.330 e. The summed E-state index contributed by atoms with van der Waals surface area (Å²) in [6, 6.07) is 7.80. The fraction of sp³-hybridized carbons (Fsp3) is 0.438. The molecule has 3 rings (SSSR count). The van der Waals surface area contributed by atoms with Gasteiger partial charge in [0.2, 0.25) is 5.91 Å². The van der Waals surface area contributed by atoms with E-state index in [1.807, 2.05) is 24.3 Å². The molecule has 1 heterocycles. The summed E-state index contributed by atoms with van der Waals surface area (Å²) in [5.74, 6) is 0.422. The molecule has 2 aromatic rings. The Kier molecular flexibility index (Phi) is 4.48. The van der Waals surface area contributed by atoms with E-state index in [9.17, 15) is 4.79 Å². The van der Waals surface area contributed by atoms with Gasteiger partial charge in [0.1, 0.15) is 12.7 Å². The SMILES string of the molecule is NC[C@H]1CCC[C@H]1C(=O)Nc1ccccc1Cn1cncn1. The van der Waals surface area contributed by atoms with Crippen LogP contribution in [0.5, 0.6) is 0 Å². The van der Waals surface area contributed by atoms with Crippen molar-refractivity contribution in [3.63, 3.8) is 0 Å². The van der Waals surface area contributed by atoms with E-state index in [1.165, 1.54) is 6.33 Å². The molecule has 2 atom stereocenters. The number of nitrogens with one attached hydrogen (secondary N) is 1. The van der Waals surface area contributed by atoms with Crippen LogP contribution in [0, 0.1) is 11.8 Å². The van der Waals surface area contributed by atoms with Gasteiger partial charge in [-0.15, -0.1) is 0 Å². The molecule has 116 valence electrons. The number of rotatable bonds is 5. The number of hydrogen-bond donors (Lipinski definition) is 2. The molecule has 0 saturated heterocycles. The van der Waals surface area contributed by atoms with Crippen molar-refractivity contribution < 1.29 is 4.79 Å². The van der Waals surface area contributed by atoms with Crippen molar-refractivity contribution in [1.82, 2.24) is 14.8 Å². The number of carbonyl (C=O) groups excluding carboxylic acids is 1. The van der Waals surface area contributed by atoms with Crippen molar-refractivity contribution in [2.45, 2.75) is 25.8 Å². The Labute approximate surface area is 129 Å². The van der Waals surface area contributed by atoms with Crippen LogP contribution in [0.15, 0.2) is 36.9 Å². The van der Waals surface area contributed by atoms with Crippen molar-refractivity contribution in [3.05, 3.63) is 42.5 Å². The minimum absolute atomic E-state index is 0.0319. The first-order valence-corrected chi connectivity index (χ1v) is 7.69. The van der Waals surface area contributed by atoms with Crippen molar-refractivity contribution >= 4 is 11.6 Å². The summed E-state index contributed by atoms with van der Waals surface area (Å²) in [4.78, 5) is 16.5. The van der Waals surface area contributed by atoms with Crippen LogP contribution in [0.4, 0.5) is 5.69 Å². The highest BCUT2D eigenvalue weighted by atomic mass is 16.1. The maximum Gasteiger partial charge on any atom is 0.227 e. The van der Waals surface area contributed by atoms with Crippen LogP contribution in [-0.4, -0.2) is 27.2 Å². The van der Waals surface area contributed by atoms with E-state index in [1.54, 1.807) is 11.0 Å². The fourth-order valence-corrected chi connectivity index (χ4v) is 3.16. The maximum atomic E-state index is 12.5. The Bertz CT molecular complexity index is 625. The zero-order chi connectivity index (χ0) is 15.4. The summed E-state index contributed by atoms with van der Waals surface area (Å²) in [6.45, 7) is 1.17. The minimum atomic E-state index is 0.0319. The Morgan fingerprint density at radius 3 is 3.00 bits per heavy atom. The van der Waals surface area contributed by atoms with Gasteiger partial charge in [0.05, 0.1) is 6.54 Å². The van der Waals surface area contributed by atoms with E-state index >= 15 is 0 Å². The van der Waals surface area contributed by atoms with Crippen LogP contribution in [0.3, 0.4) is 0 Å². The third-order valence-corrected chi connectivity index (χ3v) is 4.37. The molecule has 1 saturated carbocycles. The lowest BCUT2D eigenvalue weighted by Crippen LogP contribution is -2.30. The summed E-state index contributed by atoms with van der Waals surface area (Å²) in [7, 11) is 0. The van der Waals surface area contributed by atoms with Gasteiger partial charge < -0.3 is 11.1 Å². The van der Waals surface area contributed by atoms with Gasteiger partial charge >= 0.3 is 0 Å². The average molecular weight is 299 g/mol. The largest absolute Gasteiger partial charge is 0.330 e. The van der Waals surface area contributed by atoms with E-state index in [2.05, 4.69) is 15.4 Å². The third kappa shape index (κ3) is 3.17. The molecule has 6 nitrogen and oxygen atoms in total. The van der Waals surface area contributed by atoms with Crippen LogP contribution >= 0.6 is 0 Å². The predicted molar refractivity (Wildman–Crippen MR) is 84.1 cm³/mol. The van der Waals surface area contributed by atoms with E-state index in [-0.39, 0.29) is 11.8 Å². The second kappa shape index (κ2) is 6.70. The van der Waals surface area contributed by atoms with E-state index in [4.69, 9.17) is 5.73 Å². The number of aromatic nitrogens is 3. The molecule has 0 unspecified atom stereocenters. The molecule has 1 aliphatic rings. The van der Waals surface area contributed by atoms with Crippen molar-refractivity contribution in [2.24, 2.45) is 17.6 Å². The molecule has 1 aliphatic carbocycles. The van der Waals surface area contributed by atoms with Gasteiger partial charge in [-0.3, -0.25) is 4.79 Å². The van der Waals surface area contributed by atoms with Gasteiger partial charge in [0.15, 0.2) is 0 Å². The number of nitrogens with two attached hydrogens (primary N) is 1. The molecular formula is C16H21N5O. The van der Waals surface area contributed by atoms with Crippen LogP contribution in [0.1, 0.15) is 24.8 Å². The van der Waals surface area contributed by atoms with Crippen LogP contribution in [0.25, 0.3) is 0 Å². The van der Waals surface area contributed by atoms with Crippen LogP contribution in [0.2, 0.25) is 0 Å². The quantitative estimate of drug-likeness (QED) is 0.879. The standard InChI is InChI=1S/C16H21N5O/c17-8-12-5-3-6-14(12)16(22)20-15-7-2-1-4-13(15)9-21-11-18-10-19-21/h1-2,4,7,10-12,14H,3,5-6,8-9,17H2,(H,20,22)/t12-,14-/m1/s1. The highest BCUT2D eigenvalue weighted by Crippen LogP contribution is 2.32. The Morgan fingerprint density at radius 2 is 2.23 bits per heavy atom. The molecule has 0 spiro atoms. The highest BCUT2D eigenvalue weighted by Gasteiger charge is 2.32. The average Bonchev–Trinajstić information content (AvgIpc) is 3.20. The van der Waals surface area contributed by atoms with Crippen molar-refractivity contribution in [2.75, 3.05) is 11.9 Å². The highest BCUT2D eigenvalue weighted by molar-refractivity contribution is 5.93. The molecule has 0 radical (unpaired) electrons. The lowest BCUT2D eigenvalue weighted by Gasteiger charge is -2.18. The predicted octanol–water partition coefficient (Wildman–Crippen LogP) is 1.64. The third-order valence-electron chi connectivity index (χ3n) is 4.37. The summed E-state index contributed by atoms with van der Waals surface area (Å²) < 4.78 is 1.74.